The largest absolute Gasteiger partial charge is 0.480 e. The molecule has 6 nitrogen and oxygen atoms in total. The Hall–Kier alpha value is -2.25. The molecule has 2 aliphatic rings. The summed E-state index contributed by atoms with van der Waals surface area (Å²) in [4.78, 5) is 23.3. The Morgan fingerprint density at radius 2 is 1.88 bits per heavy atom. The molecule has 26 heavy (non-hydrogen) atoms. The van der Waals surface area contributed by atoms with E-state index in [9.17, 15) is 24.2 Å². The fraction of sp³-hybridized carbons (Fsp3) is 0.474. The number of carbonyl (C=O) groups is 2. The Labute approximate surface area is 152 Å². The van der Waals surface area contributed by atoms with Crippen LogP contribution < -0.4 is 10.6 Å². The SMILES string of the molecule is CCCCNC(C(=O)O)C1=CC=CC2C1=CC=CC2C(NCF)C(=O)O. The minimum absolute atomic E-state index is 0.324. The molecule has 0 fully saturated rings. The third kappa shape index (κ3) is 4.47. The lowest BCUT2D eigenvalue weighted by atomic mass is 9.72. The van der Waals surface area contributed by atoms with Crippen molar-refractivity contribution in [2.75, 3.05) is 13.3 Å². The lowest BCUT2D eigenvalue weighted by Gasteiger charge is -2.35. The maximum absolute atomic E-state index is 12.7. The van der Waals surface area contributed by atoms with Crippen molar-refractivity contribution in [1.29, 1.82) is 0 Å². The summed E-state index contributed by atoms with van der Waals surface area (Å²) in [6, 6.07) is -1.96. The normalized spacial score (nSPS) is 23.6. The molecule has 0 aromatic rings. The van der Waals surface area contributed by atoms with Crippen LogP contribution in [0.3, 0.4) is 0 Å². The number of halogens is 1. The van der Waals surface area contributed by atoms with Crippen LogP contribution in [0.25, 0.3) is 0 Å². The smallest absolute Gasteiger partial charge is 0.325 e. The summed E-state index contributed by atoms with van der Waals surface area (Å²) < 4.78 is 12.7. The van der Waals surface area contributed by atoms with Gasteiger partial charge in [0.1, 0.15) is 18.9 Å². The lowest BCUT2D eigenvalue weighted by molar-refractivity contribution is -0.141. The molecule has 0 saturated heterocycles. The minimum Gasteiger partial charge on any atom is -0.480 e. The fourth-order valence-electron chi connectivity index (χ4n) is 3.43. The maximum atomic E-state index is 12.7. The summed E-state index contributed by atoms with van der Waals surface area (Å²) in [6.07, 6.45) is 12.4. The number of allylic oxidation sites excluding steroid dienone is 5. The van der Waals surface area contributed by atoms with Crippen LogP contribution in [0.4, 0.5) is 4.39 Å². The van der Waals surface area contributed by atoms with E-state index in [2.05, 4.69) is 10.6 Å². The molecule has 0 amide bonds. The quantitative estimate of drug-likeness (QED) is 0.350. The van der Waals surface area contributed by atoms with Crippen LogP contribution in [0, 0.1) is 11.8 Å². The van der Waals surface area contributed by atoms with Crippen LogP contribution in [0.1, 0.15) is 19.8 Å². The number of hydrogen-bond acceptors (Lipinski definition) is 4. The molecule has 4 N–H and O–H groups in total. The number of alkyl halides is 1. The highest BCUT2D eigenvalue weighted by Crippen LogP contribution is 2.38. The van der Waals surface area contributed by atoms with E-state index in [0.29, 0.717) is 12.1 Å². The van der Waals surface area contributed by atoms with Gasteiger partial charge in [0.25, 0.3) is 0 Å². The summed E-state index contributed by atoms with van der Waals surface area (Å²) in [7, 11) is 0. The van der Waals surface area contributed by atoms with Gasteiger partial charge in [-0.2, -0.15) is 0 Å². The topological polar surface area (TPSA) is 98.7 Å². The average molecular weight is 364 g/mol. The molecular weight excluding hydrogens is 339 g/mol. The van der Waals surface area contributed by atoms with Crippen molar-refractivity contribution in [1.82, 2.24) is 10.6 Å². The first-order chi connectivity index (χ1) is 12.5. The van der Waals surface area contributed by atoms with E-state index < -0.39 is 36.7 Å². The van der Waals surface area contributed by atoms with Crippen LogP contribution in [0.5, 0.6) is 0 Å². The van der Waals surface area contributed by atoms with Crippen molar-refractivity contribution >= 4 is 11.9 Å². The standard InChI is InChI=1S/C19H25FN2O4/c1-2-3-10-21-16(18(23)24)14-8-4-7-13-12(14)6-5-9-15(13)17(19(25)26)22-11-20/h4-9,13,15-17,21-22H,2-3,10-11H2,1H3,(H,23,24)(H,25,26). The molecule has 0 saturated carbocycles. The van der Waals surface area contributed by atoms with Crippen LogP contribution in [0.15, 0.2) is 47.6 Å². The first-order valence-electron chi connectivity index (χ1n) is 8.76. The Morgan fingerprint density at radius 1 is 1.15 bits per heavy atom. The van der Waals surface area contributed by atoms with Crippen molar-refractivity contribution in [2.45, 2.75) is 31.8 Å². The Morgan fingerprint density at radius 3 is 2.50 bits per heavy atom. The highest BCUT2D eigenvalue weighted by molar-refractivity contribution is 5.80. The third-order valence-electron chi connectivity index (χ3n) is 4.70. The average Bonchev–Trinajstić information content (AvgIpc) is 2.62. The van der Waals surface area contributed by atoms with Crippen molar-refractivity contribution in [2.24, 2.45) is 11.8 Å². The second-order valence-corrected chi connectivity index (χ2v) is 6.35. The van der Waals surface area contributed by atoms with E-state index in [1.54, 1.807) is 24.3 Å². The summed E-state index contributed by atoms with van der Waals surface area (Å²) in [5, 5.41) is 24.5. The van der Waals surface area contributed by atoms with Crippen LogP contribution in [-0.4, -0.2) is 47.6 Å². The maximum Gasteiger partial charge on any atom is 0.325 e. The van der Waals surface area contributed by atoms with Crippen molar-refractivity contribution in [3.05, 3.63) is 47.6 Å². The van der Waals surface area contributed by atoms with Gasteiger partial charge in [0.2, 0.25) is 0 Å². The van der Waals surface area contributed by atoms with Gasteiger partial charge in [0.15, 0.2) is 0 Å². The summed E-state index contributed by atoms with van der Waals surface area (Å²) >= 11 is 0. The summed E-state index contributed by atoms with van der Waals surface area (Å²) in [5.74, 6) is -2.95. The zero-order valence-corrected chi connectivity index (χ0v) is 14.7. The zero-order valence-electron chi connectivity index (χ0n) is 14.7. The number of aliphatic carboxylic acids is 2. The van der Waals surface area contributed by atoms with E-state index >= 15 is 0 Å². The molecule has 4 unspecified atom stereocenters. The fourth-order valence-corrected chi connectivity index (χ4v) is 3.43. The summed E-state index contributed by atoms with van der Waals surface area (Å²) in [5.41, 5.74) is 1.36. The van der Waals surface area contributed by atoms with E-state index in [-0.39, 0.29) is 5.92 Å². The monoisotopic (exact) mass is 364 g/mol. The number of carboxylic acids is 2. The number of nitrogens with one attached hydrogen (secondary N) is 2. The van der Waals surface area contributed by atoms with Crippen molar-refractivity contribution < 1.29 is 24.2 Å². The predicted molar refractivity (Wildman–Crippen MR) is 96.3 cm³/mol. The second-order valence-electron chi connectivity index (χ2n) is 6.35. The van der Waals surface area contributed by atoms with Gasteiger partial charge >= 0.3 is 11.9 Å². The van der Waals surface area contributed by atoms with Gasteiger partial charge in [-0.1, -0.05) is 49.8 Å². The highest BCUT2D eigenvalue weighted by atomic mass is 19.1. The molecule has 0 heterocycles. The van der Waals surface area contributed by atoms with Gasteiger partial charge in [0, 0.05) is 11.8 Å². The first kappa shape index (κ1) is 20.1. The number of unbranched alkanes of at least 4 members (excludes halogenated alkanes) is 1. The zero-order chi connectivity index (χ0) is 19.1. The van der Waals surface area contributed by atoms with E-state index in [1.165, 1.54) is 0 Å². The number of fused-ring (bicyclic) bond motifs is 1. The van der Waals surface area contributed by atoms with Gasteiger partial charge in [-0.25, -0.2) is 4.39 Å². The molecule has 0 aromatic carbocycles. The minimum atomic E-state index is -1.14. The van der Waals surface area contributed by atoms with Gasteiger partial charge < -0.3 is 15.5 Å². The Bertz CT molecular complexity index is 654. The summed E-state index contributed by atoms with van der Waals surface area (Å²) in [6.45, 7) is 1.65. The van der Waals surface area contributed by atoms with Gasteiger partial charge in [-0.3, -0.25) is 14.9 Å². The van der Waals surface area contributed by atoms with Gasteiger partial charge in [0.05, 0.1) is 0 Å². The van der Waals surface area contributed by atoms with E-state index in [1.807, 2.05) is 19.1 Å². The molecule has 0 aliphatic heterocycles. The van der Waals surface area contributed by atoms with Crippen LogP contribution in [0.2, 0.25) is 0 Å². The Kier molecular flexibility index (Phi) is 7.29. The predicted octanol–water partition coefficient (Wildman–Crippen LogP) is 2.02. The Balaban J connectivity index is 2.28. The molecule has 7 heteroatoms. The molecular formula is C19H25FN2O4. The molecule has 2 rings (SSSR count). The lowest BCUT2D eigenvalue weighted by Crippen LogP contribution is -2.47. The van der Waals surface area contributed by atoms with Gasteiger partial charge in [-0.15, -0.1) is 0 Å². The molecule has 0 radical (unpaired) electrons. The molecule has 4 atom stereocenters. The van der Waals surface area contributed by atoms with E-state index in [0.717, 1.165) is 18.4 Å². The van der Waals surface area contributed by atoms with Crippen LogP contribution in [-0.2, 0) is 9.59 Å². The van der Waals surface area contributed by atoms with E-state index in [4.69, 9.17) is 0 Å². The molecule has 0 bridgehead atoms. The number of hydrogen-bond donors (Lipinski definition) is 4. The van der Waals surface area contributed by atoms with Gasteiger partial charge in [-0.05, 0) is 24.1 Å². The number of carboxylic acid groups (broad SMARTS) is 2. The number of rotatable bonds is 10. The first-order valence-corrected chi connectivity index (χ1v) is 8.76. The molecule has 2 aliphatic carbocycles. The highest BCUT2D eigenvalue weighted by Gasteiger charge is 2.38. The van der Waals surface area contributed by atoms with Crippen LogP contribution >= 0.6 is 0 Å². The molecule has 142 valence electrons. The van der Waals surface area contributed by atoms with Crippen molar-refractivity contribution in [3.63, 3.8) is 0 Å². The van der Waals surface area contributed by atoms with Crippen molar-refractivity contribution in [3.8, 4) is 0 Å². The third-order valence-corrected chi connectivity index (χ3v) is 4.70. The second kappa shape index (κ2) is 9.45. The molecule has 0 aromatic heterocycles. The molecule has 0 spiro atoms.